The summed E-state index contributed by atoms with van der Waals surface area (Å²) >= 11 is 0. The van der Waals surface area contributed by atoms with E-state index in [9.17, 15) is 0 Å². The van der Waals surface area contributed by atoms with Gasteiger partial charge < -0.3 is 15.1 Å². The first-order valence-electron chi connectivity index (χ1n) is 7.99. The second kappa shape index (κ2) is 5.65. The minimum atomic E-state index is 0.199. The van der Waals surface area contributed by atoms with Crippen molar-refractivity contribution in [3.63, 3.8) is 0 Å². The fourth-order valence-electron chi connectivity index (χ4n) is 3.38. The molecular weight excluding hydrogens is 246 g/mol. The average molecular weight is 273 g/mol. The first-order chi connectivity index (χ1) is 9.64. The van der Waals surface area contributed by atoms with Crippen molar-refractivity contribution in [2.24, 2.45) is 0 Å². The zero-order valence-electron chi connectivity index (χ0n) is 12.9. The van der Waals surface area contributed by atoms with Gasteiger partial charge in [-0.1, -0.05) is 0 Å². The van der Waals surface area contributed by atoms with Gasteiger partial charge in [0.15, 0.2) is 0 Å². The Bertz CT molecular complexity index is 432. The highest BCUT2D eigenvalue weighted by Gasteiger charge is 2.24. The van der Waals surface area contributed by atoms with Gasteiger partial charge in [-0.15, -0.1) is 0 Å². The number of hydrogen-bond acceptors (Lipinski definition) is 3. The zero-order valence-corrected chi connectivity index (χ0v) is 12.9. The predicted octanol–water partition coefficient (Wildman–Crippen LogP) is 2.87. The van der Waals surface area contributed by atoms with E-state index in [4.69, 9.17) is 0 Å². The lowest BCUT2D eigenvalue weighted by Gasteiger charge is -2.31. The molecule has 3 nitrogen and oxygen atoms in total. The van der Waals surface area contributed by atoms with Crippen molar-refractivity contribution in [1.29, 1.82) is 0 Å². The summed E-state index contributed by atoms with van der Waals surface area (Å²) in [6.07, 6.45) is 3.90. The smallest absolute Gasteiger partial charge is 0.0368 e. The molecule has 2 aliphatic rings. The van der Waals surface area contributed by atoms with Crippen molar-refractivity contribution in [2.75, 3.05) is 42.5 Å². The largest absolute Gasteiger partial charge is 0.372 e. The second-order valence-corrected chi connectivity index (χ2v) is 6.80. The molecule has 0 aromatic heterocycles. The fraction of sp³-hybridized carbons (Fsp3) is 0.647. The van der Waals surface area contributed by atoms with E-state index in [1.807, 2.05) is 0 Å². The number of rotatable bonds is 2. The van der Waals surface area contributed by atoms with Gasteiger partial charge in [0.1, 0.15) is 0 Å². The Morgan fingerprint density at radius 3 is 2.05 bits per heavy atom. The zero-order chi connectivity index (χ0) is 14.0. The summed E-state index contributed by atoms with van der Waals surface area (Å²) in [4.78, 5) is 5.02. The summed E-state index contributed by atoms with van der Waals surface area (Å²) in [7, 11) is 0. The molecule has 110 valence electrons. The van der Waals surface area contributed by atoms with Crippen LogP contribution in [0, 0.1) is 0 Å². The molecule has 0 aliphatic carbocycles. The lowest BCUT2D eigenvalue weighted by atomic mass is 10.1. The van der Waals surface area contributed by atoms with Crippen molar-refractivity contribution < 1.29 is 0 Å². The van der Waals surface area contributed by atoms with Crippen LogP contribution in [0.3, 0.4) is 0 Å². The van der Waals surface area contributed by atoms with E-state index in [1.165, 1.54) is 43.7 Å². The van der Waals surface area contributed by atoms with E-state index >= 15 is 0 Å². The second-order valence-electron chi connectivity index (χ2n) is 6.80. The van der Waals surface area contributed by atoms with Crippen LogP contribution in [-0.4, -0.2) is 38.3 Å². The maximum absolute atomic E-state index is 3.63. The Kier molecular flexibility index (Phi) is 3.88. The lowest BCUT2D eigenvalue weighted by molar-refractivity contribution is 0.416. The highest BCUT2D eigenvalue weighted by molar-refractivity contribution is 5.57. The van der Waals surface area contributed by atoms with Crippen molar-refractivity contribution in [2.45, 2.75) is 38.6 Å². The van der Waals surface area contributed by atoms with E-state index in [0.29, 0.717) is 0 Å². The van der Waals surface area contributed by atoms with Gasteiger partial charge in [0.25, 0.3) is 0 Å². The first kappa shape index (κ1) is 13.7. The third-order valence-corrected chi connectivity index (χ3v) is 4.48. The molecule has 0 unspecified atom stereocenters. The molecule has 0 radical (unpaired) electrons. The summed E-state index contributed by atoms with van der Waals surface area (Å²) < 4.78 is 0. The SMILES string of the molecule is CC1(C)CN(c2ccc(N3CCCC3)cc2)CCCN1. The lowest BCUT2D eigenvalue weighted by Crippen LogP contribution is -2.46. The third kappa shape index (κ3) is 3.09. The molecule has 1 N–H and O–H groups in total. The van der Waals surface area contributed by atoms with Gasteiger partial charge in [0.2, 0.25) is 0 Å². The van der Waals surface area contributed by atoms with Crippen LogP contribution in [0.2, 0.25) is 0 Å². The quantitative estimate of drug-likeness (QED) is 0.894. The predicted molar refractivity (Wildman–Crippen MR) is 86.8 cm³/mol. The van der Waals surface area contributed by atoms with Crippen LogP contribution < -0.4 is 15.1 Å². The molecule has 0 spiro atoms. The third-order valence-electron chi connectivity index (χ3n) is 4.48. The number of benzene rings is 1. The van der Waals surface area contributed by atoms with Gasteiger partial charge in [-0.05, 0) is 63.9 Å². The Morgan fingerprint density at radius 2 is 1.40 bits per heavy atom. The standard InChI is InChI=1S/C17H27N3/c1-17(2)14-20(13-5-10-18-17)16-8-6-15(7-9-16)19-11-3-4-12-19/h6-9,18H,3-5,10-14H2,1-2H3. The molecule has 2 fully saturated rings. The number of hydrogen-bond donors (Lipinski definition) is 1. The van der Waals surface area contributed by atoms with Gasteiger partial charge in [-0.2, -0.15) is 0 Å². The fourth-order valence-corrected chi connectivity index (χ4v) is 3.38. The highest BCUT2D eigenvalue weighted by Crippen LogP contribution is 2.25. The normalized spacial score (nSPS) is 22.9. The molecule has 0 bridgehead atoms. The molecule has 2 heterocycles. The molecule has 2 aliphatic heterocycles. The van der Waals surface area contributed by atoms with E-state index in [2.05, 4.69) is 53.2 Å². The summed E-state index contributed by atoms with van der Waals surface area (Å²) in [5.41, 5.74) is 2.95. The Balaban J connectivity index is 1.72. The van der Waals surface area contributed by atoms with E-state index in [-0.39, 0.29) is 5.54 Å². The van der Waals surface area contributed by atoms with Crippen LogP contribution in [0.25, 0.3) is 0 Å². The van der Waals surface area contributed by atoms with Crippen LogP contribution >= 0.6 is 0 Å². The van der Waals surface area contributed by atoms with Gasteiger partial charge in [-0.3, -0.25) is 0 Å². The summed E-state index contributed by atoms with van der Waals surface area (Å²) in [6.45, 7) is 10.4. The van der Waals surface area contributed by atoms with E-state index in [1.54, 1.807) is 0 Å². The minimum Gasteiger partial charge on any atom is -0.372 e. The summed E-state index contributed by atoms with van der Waals surface area (Å²) in [5, 5.41) is 3.63. The molecule has 0 atom stereocenters. The van der Waals surface area contributed by atoms with Crippen LogP contribution in [0.5, 0.6) is 0 Å². The minimum absolute atomic E-state index is 0.199. The molecule has 0 amide bonds. The Morgan fingerprint density at radius 1 is 0.850 bits per heavy atom. The van der Waals surface area contributed by atoms with Crippen molar-refractivity contribution in [1.82, 2.24) is 5.32 Å². The molecule has 0 saturated carbocycles. The van der Waals surface area contributed by atoms with Gasteiger partial charge >= 0.3 is 0 Å². The molecule has 3 rings (SSSR count). The summed E-state index contributed by atoms with van der Waals surface area (Å²) in [6, 6.07) is 9.20. The first-order valence-corrected chi connectivity index (χ1v) is 7.99. The maximum atomic E-state index is 3.63. The number of anilines is 2. The topological polar surface area (TPSA) is 18.5 Å². The molecule has 3 heteroatoms. The molecule has 2 saturated heterocycles. The molecule has 20 heavy (non-hydrogen) atoms. The highest BCUT2D eigenvalue weighted by atomic mass is 15.2. The Labute approximate surface area is 123 Å². The maximum Gasteiger partial charge on any atom is 0.0368 e. The number of nitrogens with one attached hydrogen (secondary N) is 1. The van der Waals surface area contributed by atoms with Gasteiger partial charge in [0.05, 0.1) is 0 Å². The van der Waals surface area contributed by atoms with Gasteiger partial charge in [-0.25, -0.2) is 0 Å². The molecular formula is C17H27N3. The van der Waals surface area contributed by atoms with Crippen LogP contribution in [-0.2, 0) is 0 Å². The van der Waals surface area contributed by atoms with E-state index < -0.39 is 0 Å². The summed E-state index contributed by atoms with van der Waals surface area (Å²) in [5.74, 6) is 0. The van der Waals surface area contributed by atoms with E-state index in [0.717, 1.165) is 19.6 Å². The molecule has 1 aromatic rings. The van der Waals surface area contributed by atoms with Crippen LogP contribution in [0.4, 0.5) is 11.4 Å². The Hall–Kier alpha value is -1.22. The monoisotopic (exact) mass is 273 g/mol. The average Bonchev–Trinajstić information content (AvgIpc) is 2.90. The van der Waals surface area contributed by atoms with Crippen molar-refractivity contribution in [3.05, 3.63) is 24.3 Å². The van der Waals surface area contributed by atoms with Crippen LogP contribution in [0.1, 0.15) is 33.1 Å². The van der Waals surface area contributed by atoms with Crippen molar-refractivity contribution >= 4 is 11.4 Å². The van der Waals surface area contributed by atoms with Crippen LogP contribution in [0.15, 0.2) is 24.3 Å². The number of nitrogens with zero attached hydrogens (tertiary/aromatic N) is 2. The van der Waals surface area contributed by atoms with Gasteiger partial charge in [0, 0.05) is 43.1 Å². The van der Waals surface area contributed by atoms with Crippen molar-refractivity contribution in [3.8, 4) is 0 Å². The molecule has 1 aromatic carbocycles.